The van der Waals surface area contributed by atoms with Crippen molar-refractivity contribution in [2.45, 2.75) is 46.6 Å². The van der Waals surface area contributed by atoms with Gasteiger partial charge in [0.15, 0.2) is 23.0 Å². The van der Waals surface area contributed by atoms with Crippen molar-refractivity contribution in [1.82, 2.24) is 0 Å². The minimum absolute atomic E-state index is 0.348. The summed E-state index contributed by atoms with van der Waals surface area (Å²) in [6.45, 7) is 11.6. The molecule has 1 aliphatic rings. The Balaban J connectivity index is 1.88. The number of fused-ring (bicyclic) bond motifs is 1. The lowest BCUT2D eigenvalue weighted by molar-refractivity contribution is -0.698. The minimum Gasteiger partial charge on any atom is -0.490 e. The zero-order valence-electron chi connectivity index (χ0n) is 18.1. The summed E-state index contributed by atoms with van der Waals surface area (Å²) in [5, 5.41) is 2.43. The number of hydrogen-bond acceptors (Lipinski definition) is 4. The molecule has 0 amide bonds. The van der Waals surface area contributed by atoms with Crippen molar-refractivity contribution in [3.8, 4) is 23.0 Å². The maximum absolute atomic E-state index is 5.87. The third kappa shape index (κ3) is 5.15. The molecule has 3 rings (SSSR count). The van der Waals surface area contributed by atoms with E-state index in [0.717, 1.165) is 42.4 Å². The molecule has 158 valence electrons. The van der Waals surface area contributed by atoms with Gasteiger partial charge in [0.25, 0.3) is 0 Å². The number of ether oxygens (including phenoxy) is 4. The molecule has 0 saturated carbocycles. The molecule has 1 aliphatic heterocycles. The quantitative estimate of drug-likeness (QED) is 0.661. The molecule has 0 aliphatic carbocycles. The van der Waals surface area contributed by atoms with Crippen molar-refractivity contribution in [2.75, 3.05) is 33.0 Å². The zero-order chi connectivity index (χ0) is 20.6. The highest BCUT2D eigenvalue weighted by Gasteiger charge is 2.26. The van der Waals surface area contributed by atoms with Gasteiger partial charge in [-0.2, -0.15) is 0 Å². The molecule has 0 fully saturated rings. The number of nitrogens with two attached hydrogens (primary N) is 1. The van der Waals surface area contributed by atoms with Gasteiger partial charge in [-0.15, -0.1) is 0 Å². The Kier molecular flexibility index (Phi) is 7.64. The number of benzene rings is 2. The third-order valence-electron chi connectivity index (χ3n) is 5.13. The first-order chi connectivity index (χ1) is 14.2. The highest BCUT2D eigenvalue weighted by atomic mass is 16.5. The molecule has 0 saturated heterocycles. The summed E-state index contributed by atoms with van der Waals surface area (Å²) < 4.78 is 23.2. The molecule has 2 aromatic rings. The van der Waals surface area contributed by atoms with Gasteiger partial charge in [0.1, 0.15) is 6.04 Å². The molecule has 1 heterocycles. The van der Waals surface area contributed by atoms with Crippen LogP contribution in [0.4, 0.5) is 0 Å². The second-order valence-corrected chi connectivity index (χ2v) is 7.10. The summed E-state index contributed by atoms with van der Waals surface area (Å²) in [4.78, 5) is 0. The van der Waals surface area contributed by atoms with Crippen LogP contribution in [0, 0.1) is 0 Å². The SMILES string of the molecule is CCOc1ccc(C[C@H]2[NH2+]CCc3cc(OCC)c(OCC)cc32)cc1OCC. The van der Waals surface area contributed by atoms with E-state index in [1.54, 1.807) is 0 Å². The van der Waals surface area contributed by atoms with Gasteiger partial charge < -0.3 is 24.3 Å². The molecule has 5 heteroatoms. The van der Waals surface area contributed by atoms with E-state index in [9.17, 15) is 0 Å². The predicted octanol–water partition coefficient (Wildman–Crippen LogP) is 3.68. The van der Waals surface area contributed by atoms with Crippen molar-refractivity contribution in [1.29, 1.82) is 0 Å². The summed E-state index contributed by atoms with van der Waals surface area (Å²) >= 11 is 0. The van der Waals surface area contributed by atoms with Gasteiger partial charge in [-0.25, -0.2) is 0 Å². The van der Waals surface area contributed by atoms with Gasteiger partial charge in [-0.1, -0.05) is 6.07 Å². The van der Waals surface area contributed by atoms with E-state index in [2.05, 4.69) is 29.6 Å². The number of rotatable bonds is 10. The Hall–Kier alpha value is -2.40. The molecular weight excluding hydrogens is 366 g/mol. The van der Waals surface area contributed by atoms with Crippen molar-refractivity contribution in [2.24, 2.45) is 0 Å². The molecule has 1 atom stereocenters. The second-order valence-electron chi connectivity index (χ2n) is 7.10. The number of quaternary nitrogens is 1. The Labute approximate surface area is 174 Å². The highest BCUT2D eigenvalue weighted by Crippen LogP contribution is 2.36. The average molecular weight is 401 g/mol. The summed E-state index contributed by atoms with van der Waals surface area (Å²) in [5.74, 6) is 3.33. The molecular formula is C24H34NO4+. The average Bonchev–Trinajstić information content (AvgIpc) is 2.71. The van der Waals surface area contributed by atoms with E-state index < -0.39 is 0 Å². The van der Waals surface area contributed by atoms with E-state index in [4.69, 9.17) is 18.9 Å². The monoisotopic (exact) mass is 400 g/mol. The number of hydrogen-bond donors (Lipinski definition) is 1. The Morgan fingerprint density at radius 1 is 0.759 bits per heavy atom. The van der Waals surface area contributed by atoms with Crippen molar-refractivity contribution >= 4 is 0 Å². The van der Waals surface area contributed by atoms with Gasteiger partial charge in [-0.3, -0.25) is 0 Å². The van der Waals surface area contributed by atoms with Crippen LogP contribution in [0.15, 0.2) is 30.3 Å². The van der Waals surface area contributed by atoms with Gasteiger partial charge in [0.2, 0.25) is 0 Å². The van der Waals surface area contributed by atoms with Crippen LogP contribution < -0.4 is 24.3 Å². The van der Waals surface area contributed by atoms with E-state index in [1.807, 2.05) is 33.8 Å². The topological polar surface area (TPSA) is 53.5 Å². The molecule has 0 radical (unpaired) electrons. The maximum atomic E-state index is 5.87. The lowest BCUT2D eigenvalue weighted by Crippen LogP contribution is -2.87. The maximum Gasteiger partial charge on any atom is 0.161 e. The van der Waals surface area contributed by atoms with Crippen molar-refractivity contribution in [3.63, 3.8) is 0 Å². The molecule has 0 bridgehead atoms. The molecule has 2 N–H and O–H groups in total. The van der Waals surface area contributed by atoms with Crippen LogP contribution in [0.5, 0.6) is 23.0 Å². The smallest absolute Gasteiger partial charge is 0.161 e. The Morgan fingerprint density at radius 2 is 1.34 bits per heavy atom. The van der Waals surface area contributed by atoms with Crippen molar-refractivity contribution in [3.05, 3.63) is 47.0 Å². The predicted molar refractivity (Wildman–Crippen MR) is 115 cm³/mol. The first-order valence-corrected chi connectivity index (χ1v) is 10.8. The van der Waals surface area contributed by atoms with Crippen LogP contribution in [0.25, 0.3) is 0 Å². The first kappa shape index (κ1) is 21.3. The van der Waals surface area contributed by atoms with Crippen LogP contribution in [0.3, 0.4) is 0 Å². The van der Waals surface area contributed by atoms with E-state index >= 15 is 0 Å². The molecule has 5 nitrogen and oxygen atoms in total. The Morgan fingerprint density at radius 3 is 2.00 bits per heavy atom. The normalized spacial score (nSPS) is 15.5. The molecule has 29 heavy (non-hydrogen) atoms. The largest absolute Gasteiger partial charge is 0.490 e. The Bertz CT molecular complexity index is 806. The third-order valence-corrected chi connectivity index (χ3v) is 5.13. The van der Waals surface area contributed by atoms with Gasteiger partial charge in [0.05, 0.1) is 33.0 Å². The lowest BCUT2D eigenvalue weighted by Gasteiger charge is -2.26. The van der Waals surface area contributed by atoms with Crippen molar-refractivity contribution < 1.29 is 24.3 Å². The van der Waals surface area contributed by atoms with Crippen LogP contribution >= 0.6 is 0 Å². The molecule has 0 aromatic heterocycles. The molecule has 0 spiro atoms. The van der Waals surface area contributed by atoms with Crippen LogP contribution in [0.1, 0.15) is 50.4 Å². The first-order valence-electron chi connectivity index (χ1n) is 10.8. The molecule has 0 unspecified atom stereocenters. The summed E-state index contributed by atoms with van der Waals surface area (Å²) in [6, 6.07) is 11.0. The van der Waals surface area contributed by atoms with Crippen LogP contribution in [0.2, 0.25) is 0 Å². The fourth-order valence-corrected chi connectivity index (χ4v) is 3.95. The van der Waals surface area contributed by atoms with E-state index in [1.165, 1.54) is 16.7 Å². The molecule has 2 aromatic carbocycles. The summed E-state index contributed by atoms with van der Waals surface area (Å²) in [7, 11) is 0. The van der Waals surface area contributed by atoms with E-state index in [0.29, 0.717) is 32.5 Å². The fraction of sp³-hybridized carbons (Fsp3) is 0.500. The van der Waals surface area contributed by atoms with Crippen LogP contribution in [-0.2, 0) is 12.8 Å². The van der Waals surface area contributed by atoms with Gasteiger partial charge >= 0.3 is 0 Å². The standard InChI is InChI=1S/C24H33NO4/c1-5-26-21-10-9-17(14-22(21)27-6-2)13-20-19-16-24(29-8-4)23(28-7-3)15-18(19)11-12-25-20/h9-10,14-16,20,25H,5-8,11-13H2,1-4H3/p+1/t20-/m1/s1. The van der Waals surface area contributed by atoms with Gasteiger partial charge in [0, 0.05) is 18.4 Å². The fourth-order valence-electron chi connectivity index (χ4n) is 3.95. The van der Waals surface area contributed by atoms with Crippen LogP contribution in [-0.4, -0.2) is 33.0 Å². The minimum atomic E-state index is 0.348. The highest BCUT2D eigenvalue weighted by molar-refractivity contribution is 5.49. The lowest BCUT2D eigenvalue weighted by atomic mass is 9.89. The summed E-state index contributed by atoms with van der Waals surface area (Å²) in [5.41, 5.74) is 3.95. The zero-order valence-corrected chi connectivity index (χ0v) is 18.1. The second kappa shape index (κ2) is 10.4. The summed E-state index contributed by atoms with van der Waals surface area (Å²) in [6.07, 6.45) is 1.98. The van der Waals surface area contributed by atoms with Gasteiger partial charge in [-0.05, 0) is 63.1 Å². The van der Waals surface area contributed by atoms with E-state index in [-0.39, 0.29) is 0 Å².